The molecule has 1 amide bonds. The van der Waals surface area contributed by atoms with Crippen LogP contribution in [0.15, 0.2) is 30.5 Å². The molecule has 6 nitrogen and oxygen atoms in total. The Morgan fingerprint density at radius 3 is 2.41 bits per heavy atom. The van der Waals surface area contributed by atoms with E-state index < -0.39 is 18.2 Å². The fourth-order valence-electron chi connectivity index (χ4n) is 6.03. The minimum Gasteiger partial charge on any atom is -0.412 e. The van der Waals surface area contributed by atoms with Crippen LogP contribution in [0.1, 0.15) is 75.8 Å². The molecule has 0 spiro atoms. The number of aryl methyl sites for hydroxylation is 1. The summed E-state index contributed by atoms with van der Waals surface area (Å²) in [7, 11) is -4.62. The second kappa shape index (κ2) is 11.9. The molecule has 2 aromatic heterocycles. The maximum absolute atomic E-state index is 12.0. The van der Waals surface area contributed by atoms with Gasteiger partial charge in [0.2, 0.25) is 5.91 Å². The van der Waals surface area contributed by atoms with Crippen LogP contribution < -0.4 is 5.73 Å². The number of amides is 1. The van der Waals surface area contributed by atoms with E-state index in [4.69, 9.17) is 10.2 Å². The van der Waals surface area contributed by atoms with Crippen molar-refractivity contribution in [1.29, 1.82) is 0 Å². The molecule has 3 heterocycles. The molecule has 9 heteroatoms. The first kappa shape index (κ1) is 30.0. The van der Waals surface area contributed by atoms with Crippen molar-refractivity contribution in [2.24, 2.45) is 5.73 Å². The van der Waals surface area contributed by atoms with Gasteiger partial charge >= 0.3 is 0 Å². The van der Waals surface area contributed by atoms with Crippen molar-refractivity contribution in [3.8, 4) is 10.4 Å². The molecule has 39 heavy (non-hydrogen) atoms. The number of benzene rings is 1. The second-order valence-electron chi connectivity index (χ2n) is 11.7. The minimum absolute atomic E-state index is 0.153. The van der Waals surface area contributed by atoms with Gasteiger partial charge in [-0.1, -0.05) is 20.8 Å². The van der Waals surface area contributed by atoms with Crippen molar-refractivity contribution in [3.05, 3.63) is 46.5 Å². The van der Waals surface area contributed by atoms with Gasteiger partial charge in [0.05, 0.1) is 23.5 Å². The van der Waals surface area contributed by atoms with E-state index in [2.05, 4.69) is 63.9 Å². The van der Waals surface area contributed by atoms with E-state index in [0.717, 1.165) is 63.4 Å². The number of primary amides is 1. The van der Waals surface area contributed by atoms with Crippen LogP contribution in [0.3, 0.4) is 0 Å². The van der Waals surface area contributed by atoms with Gasteiger partial charge in [0, 0.05) is 26.9 Å². The van der Waals surface area contributed by atoms with Crippen LogP contribution in [-0.4, -0.2) is 44.7 Å². The molecule has 4 rings (SSSR count). The van der Waals surface area contributed by atoms with Gasteiger partial charge in [0.15, 0.2) is 8.32 Å². The maximum atomic E-state index is 12.0. The van der Waals surface area contributed by atoms with Gasteiger partial charge in [-0.05, 0) is 105 Å². The van der Waals surface area contributed by atoms with Crippen LogP contribution in [0, 0.1) is 0 Å². The Morgan fingerprint density at radius 1 is 1.13 bits per heavy atom. The molecule has 214 valence electrons. The highest BCUT2D eigenvalue weighted by Crippen LogP contribution is 2.39. The predicted octanol–water partition coefficient (Wildman–Crippen LogP) is 6.95. The second-order valence-corrected chi connectivity index (χ2v) is 19.9. The average Bonchev–Trinajstić information content (AvgIpc) is 3.54. The standard InChI is InChI=1S/C30H44N2O4S2Si/c1-6-39(7-2,8-3)36-30(4,5)14-11-24-9-10-27(37-24)22-17-23(19-28(31)33)29-25(18-22)26(20-32-29)21-12-15-38(34,35)16-13-21/h9-10,17-18,20-21,32H,6-8,11-16,19H2,1-5H3,(H2,31,33). The number of fused-ring (bicyclic) bond motifs is 1. The number of carbonyl (C=O) groups is 1. The molecule has 1 fully saturated rings. The zero-order chi connectivity index (χ0) is 28.4. The van der Waals surface area contributed by atoms with Crippen LogP contribution in [-0.2, 0) is 31.9 Å². The fourth-order valence-corrected chi connectivity index (χ4v) is 11.7. The van der Waals surface area contributed by atoms with Crippen LogP contribution in [0.5, 0.6) is 0 Å². The van der Waals surface area contributed by atoms with Gasteiger partial charge in [-0.25, -0.2) is 8.42 Å². The molecule has 0 bridgehead atoms. The average molecular weight is 589 g/mol. The summed E-state index contributed by atoms with van der Waals surface area (Å²) in [5.74, 6) is 0.272. The zero-order valence-electron chi connectivity index (χ0n) is 24.1. The van der Waals surface area contributed by atoms with Crippen molar-refractivity contribution in [2.75, 3.05) is 11.5 Å². The fraction of sp³-hybridized carbons (Fsp3) is 0.567. The lowest BCUT2D eigenvalue weighted by Crippen LogP contribution is -2.44. The number of rotatable bonds is 12. The summed E-state index contributed by atoms with van der Waals surface area (Å²) < 4.78 is 30.8. The smallest absolute Gasteiger partial charge is 0.221 e. The van der Waals surface area contributed by atoms with E-state index >= 15 is 0 Å². The molecule has 1 saturated heterocycles. The van der Waals surface area contributed by atoms with Gasteiger partial charge < -0.3 is 15.1 Å². The van der Waals surface area contributed by atoms with Gasteiger partial charge in [0.25, 0.3) is 0 Å². The molecule has 0 saturated carbocycles. The predicted molar refractivity (Wildman–Crippen MR) is 166 cm³/mol. The first-order valence-electron chi connectivity index (χ1n) is 14.3. The van der Waals surface area contributed by atoms with Gasteiger partial charge in [-0.15, -0.1) is 11.3 Å². The lowest BCUT2D eigenvalue weighted by molar-refractivity contribution is -0.117. The van der Waals surface area contributed by atoms with Crippen molar-refractivity contribution < 1.29 is 17.6 Å². The van der Waals surface area contributed by atoms with Gasteiger partial charge in [-0.3, -0.25) is 4.79 Å². The van der Waals surface area contributed by atoms with E-state index in [1.807, 2.05) is 6.20 Å². The third-order valence-electron chi connectivity index (χ3n) is 8.61. The van der Waals surface area contributed by atoms with Crippen molar-refractivity contribution in [2.45, 2.75) is 96.4 Å². The van der Waals surface area contributed by atoms with Gasteiger partial charge in [-0.2, -0.15) is 0 Å². The van der Waals surface area contributed by atoms with E-state index in [0.29, 0.717) is 12.8 Å². The third kappa shape index (κ3) is 7.04. The SMILES string of the molecule is CC[Si](CC)(CC)OC(C)(C)CCc1ccc(-c2cc(CC(N)=O)c3[nH]cc(C4CCS(=O)(=O)CC4)c3c2)s1. The number of hydrogen-bond acceptors (Lipinski definition) is 5. The molecular weight excluding hydrogens is 545 g/mol. The Balaban J connectivity index is 1.59. The summed E-state index contributed by atoms with van der Waals surface area (Å²) in [6.45, 7) is 11.3. The van der Waals surface area contributed by atoms with E-state index in [-0.39, 0.29) is 35.4 Å². The lowest BCUT2D eigenvalue weighted by Gasteiger charge is -2.38. The van der Waals surface area contributed by atoms with Gasteiger partial charge in [0.1, 0.15) is 9.84 Å². The Labute approximate surface area is 238 Å². The van der Waals surface area contributed by atoms with E-state index in [1.165, 1.54) is 4.88 Å². The highest BCUT2D eigenvalue weighted by Gasteiger charge is 2.35. The summed E-state index contributed by atoms with van der Waals surface area (Å²) in [6, 6.07) is 12.1. The summed E-state index contributed by atoms with van der Waals surface area (Å²) in [6.07, 6.45) is 5.34. The first-order chi connectivity index (χ1) is 18.4. The number of hydrogen-bond donors (Lipinski definition) is 2. The molecule has 0 radical (unpaired) electrons. The van der Waals surface area contributed by atoms with Crippen molar-refractivity contribution in [1.82, 2.24) is 4.98 Å². The lowest BCUT2D eigenvalue weighted by atomic mass is 9.91. The zero-order valence-corrected chi connectivity index (χ0v) is 26.7. The quantitative estimate of drug-likeness (QED) is 0.224. The van der Waals surface area contributed by atoms with Crippen LogP contribution in [0.4, 0.5) is 0 Å². The number of H-pyrrole nitrogens is 1. The number of sulfone groups is 1. The molecule has 3 N–H and O–H groups in total. The highest BCUT2D eigenvalue weighted by molar-refractivity contribution is 7.91. The number of nitrogens with two attached hydrogens (primary N) is 1. The monoisotopic (exact) mass is 588 g/mol. The van der Waals surface area contributed by atoms with E-state index in [9.17, 15) is 13.2 Å². The summed E-state index contributed by atoms with van der Waals surface area (Å²) >= 11 is 1.79. The number of aromatic amines is 1. The molecule has 0 atom stereocenters. The normalized spacial score (nSPS) is 16.6. The Kier molecular flexibility index (Phi) is 9.15. The first-order valence-corrected chi connectivity index (χ1v) is 19.5. The largest absolute Gasteiger partial charge is 0.412 e. The Hall–Kier alpha value is -1.94. The molecule has 3 aromatic rings. The molecule has 1 aliphatic heterocycles. The van der Waals surface area contributed by atoms with Crippen LogP contribution >= 0.6 is 11.3 Å². The third-order valence-corrected chi connectivity index (χ3v) is 16.4. The summed E-state index contributed by atoms with van der Waals surface area (Å²) in [4.78, 5) is 17.8. The molecular formula is C30H44N2O4S2Si. The molecule has 0 unspecified atom stereocenters. The molecule has 1 aromatic carbocycles. The highest BCUT2D eigenvalue weighted by atomic mass is 32.2. The van der Waals surface area contributed by atoms with Crippen LogP contribution in [0.25, 0.3) is 21.3 Å². The maximum Gasteiger partial charge on any atom is 0.221 e. The summed E-state index contributed by atoms with van der Waals surface area (Å²) in [5, 5.41) is 1.07. The number of nitrogens with one attached hydrogen (secondary N) is 1. The minimum atomic E-state index is -2.94. The van der Waals surface area contributed by atoms with Crippen LogP contribution in [0.2, 0.25) is 18.1 Å². The number of thiophene rings is 1. The number of carbonyl (C=O) groups excluding carboxylic acids is 1. The van der Waals surface area contributed by atoms with Crippen molar-refractivity contribution in [3.63, 3.8) is 0 Å². The van der Waals surface area contributed by atoms with Crippen molar-refractivity contribution >= 4 is 46.3 Å². The molecule has 0 aliphatic carbocycles. The Morgan fingerprint density at radius 2 is 1.79 bits per heavy atom. The topological polar surface area (TPSA) is 102 Å². The Bertz CT molecular complexity index is 1400. The van der Waals surface area contributed by atoms with E-state index in [1.54, 1.807) is 11.3 Å². The summed E-state index contributed by atoms with van der Waals surface area (Å²) in [5.41, 5.74) is 9.48. The number of aromatic nitrogens is 1. The molecule has 1 aliphatic rings.